The highest BCUT2D eigenvalue weighted by atomic mass is 16.5. The number of nitrogens with two attached hydrogens (primary N) is 1. The van der Waals surface area contributed by atoms with E-state index in [1.807, 2.05) is 48.6 Å². The van der Waals surface area contributed by atoms with Crippen LogP contribution in [0.2, 0.25) is 0 Å². The van der Waals surface area contributed by atoms with E-state index < -0.39 is 5.72 Å². The van der Waals surface area contributed by atoms with Gasteiger partial charge < -0.3 is 4.74 Å². The molecular formula is C20H19NO. The summed E-state index contributed by atoms with van der Waals surface area (Å²) in [7, 11) is 1.61. The Bertz CT molecular complexity index is 816. The first-order chi connectivity index (χ1) is 10.7. The van der Waals surface area contributed by atoms with E-state index >= 15 is 0 Å². The Morgan fingerprint density at radius 2 is 1.55 bits per heavy atom. The molecule has 2 N–H and O–H groups in total. The first-order valence-corrected chi connectivity index (χ1v) is 7.29. The van der Waals surface area contributed by atoms with Crippen molar-refractivity contribution in [2.75, 3.05) is 7.11 Å². The van der Waals surface area contributed by atoms with Crippen LogP contribution in [0.5, 0.6) is 0 Å². The van der Waals surface area contributed by atoms with Crippen LogP contribution in [0.1, 0.15) is 5.56 Å². The molecule has 3 rings (SSSR count). The van der Waals surface area contributed by atoms with Crippen LogP contribution in [0, 0.1) is 0 Å². The molecule has 2 aromatic carbocycles. The predicted octanol–water partition coefficient (Wildman–Crippen LogP) is 2.09. The number of rotatable bonds is 2. The molecule has 0 amide bonds. The van der Waals surface area contributed by atoms with Crippen molar-refractivity contribution in [3.05, 3.63) is 94.9 Å². The number of allylic oxidation sites excluding steroid dienone is 2. The van der Waals surface area contributed by atoms with E-state index in [0.717, 1.165) is 5.57 Å². The minimum atomic E-state index is -0.804. The summed E-state index contributed by atoms with van der Waals surface area (Å²) in [5.74, 6) is 0. The summed E-state index contributed by atoms with van der Waals surface area (Å²) < 4.78 is 5.27. The van der Waals surface area contributed by atoms with Crippen LogP contribution >= 0.6 is 0 Å². The second-order valence-corrected chi connectivity index (χ2v) is 5.32. The zero-order valence-electron chi connectivity index (χ0n) is 12.6. The van der Waals surface area contributed by atoms with Gasteiger partial charge >= 0.3 is 0 Å². The van der Waals surface area contributed by atoms with Gasteiger partial charge in [-0.15, -0.1) is 0 Å². The van der Waals surface area contributed by atoms with Gasteiger partial charge in [-0.1, -0.05) is 66.7 Å². The molecule has 0 spiro atoms. The third-order valence-corrected chi connectivity index (χ3v) is 3.79. The highest BCUT2D eigenvalue weighted by molar-refractivity contribution is 5.70. The molecule has 0 radical (unpaired) electrons. The van der Waals surface area contributed by atoms with Crippen molar-refractivity contribution in [2.24, 2.45) is 5.73 Å². The summed E-state index contributed by atoms with van der Waals surface area (Å²) >= 11 is 0. The third-order valence-electron chi connectivity index (χ3n) is 3.79. The van der Waals surface area contributed by atoms with Gasteiger partial charge in [0.1, 0.15) is 0 Å². The smallest absolute Gasteiger partial charge is 0.155 e. The summed E-state index contributed by atoms with van der Waals surface area (Å²) in [6, 6.07) is 18.7. The molecule has 110 valence electrons. The average Bonchev–Trinajstić information content (AvgIpc) is 2.57. The largest absolute Gasteiger partial charge is 0.357 e. The monoisotopic (exact) mass is 289 g/mol. The molecule has 0 aromatic heterocycles. The summed E-state index contributed by atoms with van der Waals surface area (Å²) in [5.41, 5.74) is 7.55. The summed E-state index contributed by atoms with van der Waals surface area (Å²) in [5, 5.41) is 2.36. The Balaban J connectivity index is 2.15. The Kier molecular flexibility index (Phi) is 4.05. The van der Waals surface area contributed by atoms with Gasteiger partial charge in [-0.25, -0.2) is 0 Å². The van der Waals surface area contributed by atoms with E-state index in [9.17, 15) is 0 Å². The minimum absolute atomic E-state index is 0.804. The SMILES string of the molecule is COC1(N)C=CC(=c2ccccc2=Cc2ccccc2)C=C1. The zero-order chi connectivity index (χ0) is 15.4. The van der Waals surface area contributed by atoms with Gasteiger partial charge in [0, 0.05) is 7.11 Å². The minimum Gasteiger partial charge on any atom is -0.357 e. The maximum absolute atomic E-state index is 6.04. The lowest BCUT2D eigenvalue weighted by Crippen LogP contribution is -2.38. The number of hydrogen-bond acceptors (Lipinski definition) is 2. The van der Waals surface area contributed by atoms with E-state index in [-0.39, 0.29) is 0 Å². The standard InChI is InChI=1S/C20H19NO/c1-22-20(21)13-11-17(12-14-20)19-10-6-5-9-18(19)15-16-7-3-2-4-8-16/h2-15H,21H2,1H3. The maximum Gasteiger partial charge on any atom is 0.155 e. The van der Waals surface area contributed by atoms with E-state index in [0.29, 0.717) is 0 Å². The Labute approximate surface area is 130 Å². The Hall–Kier alpha value is -2.42. The van der Waals surface area contributed by atoms with Crippen molar-refractivity contribution in [1.82, 2.24) is 0 Å². The first kappa shape index (κ1) is 14.5. The molecule has 0 saturated carbocycles. The topological polar surface area (TPSA) is 35.2 Å². The van der Waals surface area contributed by atoms with Crippen molar-refractivity contribution in [3.63, 3.8) is 0 Å². The highest BCUT2D eigenvalue weighted by Gasteiger charge is 2.18. The molecule has 0 bridgehead atoms. The lowest BCUT2D eigenvalue weighted by atomic mass is 10.0. The molecule has 2 aromatic rings. The highest BCUT2D eigenvalue weighted by Crippen LogP contribution is 2.16. The molecule has 2 heteroatoms. The van der Waals surface area contributed by atoms with Crippen LogP contribution in [0.3, 0.4) is 0 Å². The quantitative estimate of drug-likeness (QED) is 0.859. The molecule has 0 saturated heterocycles. The van der Waals surface area contributed by atoms with Gasteiger partial charge in [0.2, 0.25) is 0 Å². The molecule has 0 atom stereocenters. The summed E-state index contributed by atoms with van der Waals surface area (Å²) in [4.78, 5) is 0. The predicted molar refractivity (Wildman–Crippen MR) is 91.3 cm³/mol. The molecule has 0 unspecified atom stereocenters. The number of ether oxygens (including phenoxy) is 1. The molecule has 0 heterocycles. The molecule has 22 heavy (non-hydrogen) atoms. The van der Waals surface area contributed by atoms with Crippen molar-refractivity contribution in [1.29, 1.82) is 0 Å². The molecule has 1 aliphatic carbocycles. The van der Waals surface area contributed by atoms with Gasteiger partial charge in [0.05, 0.1) is 0 Å². The molecule has 2 nitrogen and oxygen atoms in total. The Morgan fingerprint density at radius 3 is 2.23 bits per heavy atom. The van der Waals surface area contributed by atoms with Crippen LogP contribution in [-0.4, -0.2) is 12.8 Å². The van der Waals surface area contributed by atoms with Gasteiger partial charge in [-0.2, -0.15) is 0 Å². The fourth-order valence-corrected chi connectivity index (χ4v) is 2.48. The normalized spacial score (nSPS) is 21.4. The van der Waals surface area contributed by atoms with E-state index in [1.165, 1.54) is 16.0 Å². The van der Waals surface area contributed by atoms with Gasteiger partial charge in [-0.3, -0.25) is 5.73 Å². The van der Waals surface area contributed by atoms with E-state index in [4.69, 9.17) is 10.5 Å². The lowest BCUT2D eigenvalue weighted by molar-refractivity contribution is 0.0797. The van der Waals surface area contributed by atoms with Crippen LogP contribution < -0.4 is 16.2 Å². The van der Waals surface area contributed by atoms with Crippen molar-refractivity contribution in [3.8, 4) is 0 Å². The second-order valence-electron chi connectivity index (χ2n) is 5.32. The Morgan fingerprint density at radius 1 is 0.909 bits per heavy atom. The molecular weight excluding hydrogens is 270 g/mol. The third kappa shape index (κ3) is 3.08. The van der Waals surface area contributed by atoms with Crippen molar-refractivity contribution >= 4 is 11.6 Å². The lowest BCUT2D eigenvalue weighted by Gasteiger charge is -2.22. The fraction of sp³-hybridized carbons (Fsp3) is 0.100. The van der Waals surface area contributed by atoms with Crippen LogP contribution in [-0.2, 0) is 4.74 Å². The summed E-state index contributed by atoms with van der Waals surface area (Å²) in [6.07, 6.45) is 9.97. The van der Waals surface area contributed by atoms with Crippen LogP contribution in [0.25, 0.3) is 11.6 Å². The van der Waals surface area contributed by atoms with Gasteiger partial charge in [-0.05, 0) is 39.8 Å². The molecule has 1 aliphatic rings. The van der Waals surface area contributed by atoms with Crippen molar-refractivity contribution in [2.45, 2.75) is 5.72 Å². The van der Waals surface area contributed by atoms with E-state index in [1.54, 1.807) is 7.11 Å². The van der Waals surface area contributed by atoms with Crippen LogP contribution in [0.4, 0.5) is 0 Å². The second kappa shape index (κ2) is 6.14. The van der Waals surface area contributed by atoms with Gasteiger partial charge in [0.25, 0.3) is 0 Å². The number of hydrogen-bond donors (Lipinski definition) is 1. The maximum atomic E-state index is 6.04. The number of methoxy groups -OCH3 is 1. The molecule has 0 aliphatic heterocycles. The van der Waals surface area contributed by atoms with E-state index in [2.05, 4.69) is 36.4 Å². The molecule has 0 fully saturated rings. The van der Waals surface area contributed by atoms with Gasteiger partial charge in [0.15, 0.2) is 5.72 Å². The zero-order valence-corrected chi connectivity index (χ0v) is 12.6. The fourth-order valence-electron chi connectivity index (χ4n) is 2.48. The van der Waals surface area contributed by atoms with Crippen LogP contribution in [0.15, 0.2) is 78.9 Å². The number of benzene rings is 2. The van der Waals surface area contributed by atoms with Crippen molar-refractivity contribution < 1.29 is 4.74 Å². The average molecular weight is 289 g/mol. The summed E-state index contributed by atoms with van der Waals surface area (Å²) in [6.45, 7) is 0. The first-order valence-electron chi connectivity index (χ1n) is 7.29.